The molecule has 2 unspecified atom stereocenters. The van der Waals surface area contributed by atoms with Gasteiger partial charge in [0.25, 0.3) is 0 Å². The molecule has 0 aromatic carbocycles. The molecule has 0 amide bonds. The van der Waals surface area contributed by atoms with Crippen LogP contribution < -0.4 is 5.32 Å². The molecule has 96 valence electrons. The first-order valence-corrected chi connectivity index (χ1v) is 6.27. The van der Waals surface area contributed by atoms with Gasteiger partial charge in [0.05, 0.1) is 11.5 Å². The minimum atomic E-state index is 0.0432. The number of aromatic nitrogens is 2. The molecule has 17 heavy (non-hydrogen) atoms. The molecule has 1 aliphatic rings. The summed E-state index contributed by atoms with van der Waals surface area (Å²) < 4.78 is 10.6. The van der Waals surface area contributed by atoms with Gasteiger partial charge in [0.2, 0.25) is 5.89 Å². The molecule has 1 N–H and O–H groups in total. The number of nitrogens with zero attached hydrogens (tertiary/aromatic N) is 2. The van der Waals surface area contributed by atoms with Crippen LogP contribution in [0.2, 0.25) is 0 Å². The topological polar surface area (TPSA) is 60.2 Å². The fourth-order valence-corrected chi connectivity index (χ4v) is 2.27. The van der Waals surface area contributed by atoms with Gasteiger partial charge in [0.15, 0.2) is 5.82 Å². The van der Waals surface area contributed by atoms with Crippen LogP contribution in [0.5, 0.6) is 0 Å². The second-order valence-electron chi connectivity index (χ2n) is 4.83. The molecule has 1 aliphatic heterocycles. The predicted molar refractivity (Wildman–Crippen MR) is 63.9 cm³/mol. The van der Waals surface area contributed by atoms with Crippen molar-refractivity contribution in [1.82, 2.24) is 15.5 Å². The van der Waals surface area contributed by atoms with Crippen LogP contribution in [0.1, 0.15) is 38.4 Å². The highest BCUT2D eigenvalue weighted by atomic mass is 16.5. The van der Waals surface area contributed by atoms with E-state index in [1.807, 2.05) is 6.92 Å². The zero-order valence-corrected chi connectivity index (χ0v) is 10.8. The minimum absolute atomic E-state index is 0.0432. The lowest BCUT2D eigenvalue weighted by atomic mass is 9.84. The Bertz CT molecular complexity index is 358. The van der Waals surface area contributed by atoms with Crippen molar-refractivity contribution < 1.29 is 9.26 Å². The van der Waals surface area contributed by atoms with Gasteiger partial charge in [-0.15, -0.1) is 0 Å². The van der Waals surface area contributed by atoms with Crippen LogP contribution in [0.25, 0.3) is 0 Å². The molecule has 1 aromatic heterocycles. The van der Waals surface area contributed by atoms with E-state index in [0.29, 0.717) is 6.42 Å². The maximum atomic E-state index is 5.43. The normalized spacial score (nSPS) is 26.3. The van der Waals surface area contributed by atoms with Gasteiger partial charge < -0.3 is 14.6 Å². The predicted octanol–water partition coefficient (Wildman–Crippen LogP) is 1.29. The molecule has 1 fully saturated rings. The summed E-state index contributed by atoms with van der Waals surface area (Å²) in [4.78, 5) is 4.53. The third-order valence-electron chi connectivity index (χ3n) is 3.71. The molecule has 2 atom stereocenters. The van der Waals surface area contributed by atoms with Crippen LogP contribution in [0.15, 0.2) is 4.52 Å². The highest BCUT2D eigenvalue weighted by Crippen LogP contribution is 2.32. The van der Waals surface area contributed by atoms with Crippen molar-refractivity contribution in [2.24, 2.45) is 0 Å². The van der Waals surface area contributed by atoms with Gasteiger partial charge in [-0.05, 0) is 26.3 Å². The lowest BCUT2D eigenvalue weighted by Gasteiger charge is -2.20. The Hall–Kier alpha value is -0.940. The summed E-state index contributed by atoms with van der Waals surface area (Å²) >= 11 is 0. The van der Waals surface area contributed by atoms with Crippen molar-refractivity contribution in [3.8, 4) is 0 Å². The zero-order chi connectivity index (χ0) is 12.3. The van der Waals surface area contributed by atoms with Gasteiger partial charge in [-0.2, -0.15) is 4.98 Å². The van der Waals surface area contributed by atoms with Crippen molar-refractivity contribution in [2.75, 3.05) is 20.2 Å². The number of rotatable bonds is 5. The monoisotopic (exact) mass is 239 g/mol. The molecule has 0 radical (unpaired) electrons. The highest BCUT2D eigenvalue weighted by molar-refractivity contribution is 5.09. The van der Waals surface area contributed by atoms with E-state index in [2.05, 4.69) is 22.4 Å². The van der Waals surface area contributed by atoms with E-state index in [-0.39, 0.29) is 11.5 Å². The molecule has 0 aliphatic carbocycles. The smallest absolute Gasteiger partial charge is 0.234 e. The Balaban J connectivity index is 2.11. The zero-order valence-electron chi connectivity index (χ0n) is 10.8. The molecule has 1 aromatic rings. The fourth-order valence-electron chi connectivity index (χ4n) is 2.27. The summed E-state index contributed by atoms with van der Waals surface area (Å²) in [6.45, 7) is 6.14. The summed E-state index contributed by atoms with van der Waals surface area (Å²) in [6, 6.07) is 0. The molecule has 0 saturated carbocycles. The summed E-state index contributed by atoms with van der Waals surface area (Å²) in [6.07, 6.45) is 2.93. The van der Waals surface area contributed by atoms with E-state index >= 15 is 0 Å². The van der Waals surface area contributed by atoms with E-state index in [1.54, 1.807) is 7.11 Å². The number of methoxy groups -OCH3 is 1. The van der Waals surface area contributed by atoms with Crippen LogP contribution in [0, 0.1) is 0 Å². The summed E-state index contributed by atoms with van der Waals surface area (Å²) in [7, 11) is 1.69. The van der Waals surface area contributed by atoms with E-state index in [1.165, 1.54) is 0 Å². The Morgan fingerprint density at radius 3 is 3.00 bits per heavy atom. The largest absolute Gasteiger partial charge is 0.381 e. The van der Waals surface area contributed by atoms with Gasteiger partial charge in [-0.1, -0.05) is 12.1 Å². The third-order valence-corrected chi connectivity index (χ3v) is 3.71. The van der Waals surface area contributed by atoms with Gasteiger partial charge in [-0.3, -0.25) is 0 Å². The first kappa shape index (κ1) is 12.5. The summed E-state index contributed by atoms with van der Waals surface area (Å²) in [5.41, 5.74) is 0.0432. The third kappa shape index (κ3) is 2.50. The van der Waals surface area contributed by atoms with E-state index in [9.17, 15) is 0 Å². The number of hydrogen-bond acceptors (Lipinski definition) is 5. The Kier molecular flexibility index (Phi) is 3.79. The molecule has 2 rings (SSSR count). The lowest BCUT2D eigenvalue weighted by Crippen LogP contribution is -2.28. The average Bonchev–Trinajstić information content (AvgIpc) is 2.97. The lowest BCUT2D eigenvalue weighted by molar-refractivity contribution is 0.116. The molecule has 5 nitrogen and oxygen atoms in total. The number of nitrogens with one attached hydrogen (secondary N) is 1. The Morgan fingerprint density at radius 1 is 1.59 bits per heavy atom. The molecule has 5 heteroatoms. The molecule has 0 spiro atoms. The molecule has 0 bridgehead atoms. The van der Waals surface area contributed by atoms with Crippen molar-refractivity contribution in [1.29, 1.82) is 0 Å². The van der Waals surface area contributed by atoms with Crippen LogP contribution in [-0.2, 0) is 16.6 Å². The SMILES string of the molecule is CCC1(c2nc(CC(C)OC)no2)CCNC1. The summed E-state index contributed by atoms with van der Waals surface area (Å²) in [5, 5.41) is 7.42. The second kappa shape index (κ2) is 5.14. The maximum Gasteiger partial charge on any atom is 0.234 e. The van der Waals surface area contributed by atoms with Gasteiger partial charge in [0.1, 0.15) is 0 Å². The Labute approximate surface area is 102 Å². The number of hydrogen-bond donors (Lipinski definition) is 1. The van der Waals surface area contributed by atoms with Gasteiger partial charge >= 0.3 is 0 Å². The quantitative estimate of drug-likeness (QED) is 0.839. The summed E-state index contributed by atoms with van der Waals surface area (Å²) in [5.74, 6) is 1.53. The van der Waals surface area contributed by atoms with E-state index in [4.69, 9.17) is 9.26 Å². The van der Waals surface area contributed by atoms with Crippen molar-refractivity contribution >= 4 is 0 Å². The first-order chi connectivity index (χ1) is 8.20. The second-order valence-corrected chi connectivity index (χ2v) is 4.83. The van der Waals surface area contributed by atoms with Crippen molar-refractivity contribution in [3.63, 3.8) is 0 Å². The maximum absolute atomic E-state index is 5.43. The molecule has 1 saturated heterocycles. The van der Waals surface area contributed by atoms with Crippen LogP contribution in [0.4, 0.5) is 0 Å². The first-order valence-electron chi connectivity index (χ1n) is 6.27. The van der Waals surface area contributed by atoms with E-state index in [0.717, 1.165) is 37.6 Å². The average molecular weight is 239 g/mol. The minimum Gasteiger partial charge on any atom is -0.381 e. The van der Waals surface area contributed by atoms with Crippen LogP contribution in [0.3, 0.4) is 0 Å². The van der Waals surface area contributed by atoms with Crippen LogP contribution in [-0.4, -0.2) is 36.4 Å². The van der Waals surface area contributed by atoms with Crippen molar-refractivity contribution in [3.05, 3.63) is 11.7 Å². The molecule has 2 heterocycles. The van der Waals surface area contributed by atoms with Gasteiger partial charge in [0, 0.05) is 20.1 Å². The van der Waals surface area contributed by atoms with E-state index < -0.39 is 0 Å². The fraction of sp³-hybridized carbons (Fsp3) is 0.833. The molecular weight excluding hydrogens is 218 g/mol. The Morgan fingerprint density at radius 2 is 2.41 bits per heavy atom. The van der Waals surface area contributed by atoms with Gasteiger partial charge in [-0.25, -0.2) is 0 Å². The molecular formula is C12H21N3O2. The standard InChI is InChI=1S/C12H21N3O2/c1-4-12(5-6-13-8-12)11-14-10(15-17-11)7-9(2)16-3/h9,13H,4-8H2,1-3H3. The van der Waals surface area contributed by atoms with Crippen LogP contribution >= 0.6 is 0 Å². The van der Waals surface area contributed by atoms with Crippen molar-refractivity contribution in [2.45, 2.75) is 44.6 Å². The highest BCUT2D eigenvalue weighted by Gasteiger charge is 2.39. The number of ether oxygens (including phenoxy) is 1.